The molecule has 33 heavy (non-hydrogen) atoms. The van der Waals surface area contributed by atoms with Crippen molar-refractivity contribution in [2.75, 3.05) is 31.2 Å². The minimum absolute atomic E-state index is 0.103. The lowest BCUT2D eigenvalue weighted by Crippen LogP contribution is -2.38. The van der Waals surface area contributed by atoms with Crippen molar-refractivity contribution in [2.24, 2.45) is 0 Å². The van der Waals surface area contributed by atoms with Crippen LogP contribution in [-0.4, -0.2) is 56.7 Å². The molecule has 0 bridgehead atoms. The number of carbonyl (C=O) groups excluding carboxylic acids is 1. The first-order valence-corrected chi connectivity index (χ1v) is 12.6. The van der Waals surface area contributed by atoms with Gasteiger partial charge in [-0.15, -0.1) is 10.2 Å². The first kappa shape index (κ1) is 22.5. The molecular weight excluding hydrogens is 458 g/mol. The zero-order valence-corrected chi connectivity index (χ0v) is 20.7. The third kappa shape index (κ3) is 4.44. The molecule has 0 radical (unpaired) electrons. The Labute approximate surface area is 203 Å². The van der Waals surface area contributed by atoms with Crippen molar-refractivity contribution < 1.29 is 9.53 Å². The van der Waals surface area contributed by atoms with E-state index in [0.717, 1.165) is 59.7 Å². The molecule has 3 aromatic rings. The van der Waals surface area contributed by atoms with E-state index in [4.69, 9.17) is 16.3 Å². The van der Waals surface area contributed by atoms with E-state index in [1.165, 1.54) is 11.8 Å². The van der Waals surface area contributed by atoms with Crippen LogP contribution in [0.3, 0.4) is 0 Å². The second-order valence-corrected chi connectivity index (χ2v) is 10.4. The largest absolute Gasteiger partial charge is 0.378 e. The number of aromatic nitrogens is 4. The monoisotopic (exact) mass is 485 g/mol. The summed E-state index contributed by atoms with van der Waals surface area (Å²) in [6.45, 7) is 9.03. The highest BCUT2D eigenvalue weighted by atomic mass is 35.5. The topological polar surface area (TPSA) is 65.2 Å². The number of Topliss-reactive ketones (excluding diaryl/α,β-unsaturated/α-hetero) is 1. The number of hydrogen-bond donors (Lipinski definition) is 0. The Balaban J connectivity index is 1.38. The fourth-order valence-electron chi connectivity index (χ4n) is 4.41. The number of morpholine rings is 1. The Morgan fingerprint density at radius 3 is 2.52 bits per heavy atom. The molecule has 174 valence electrons. The van der Waals surface area contributed by atoms with Crippen LogP contribution in [0.25, 0.3) is 5.69 Å². The Bertz CT molecular complexity index is 1160. The number of rotatable bonds is 7. The minimum Gasteiger partial charge on any atom is -0.378 e. The quantitative estimate of drug-likeness (QED) is 0.351. The van der Waals surface area contributed by atoms with Crippen molar-refractivity contribution in [3.63, 3.8) is 0 Å². The van der Waals surface area contributed by atoms with E-state index in [0.29, 0.717) is 24.3 Å². The zero-order valence-electron chi connectivity index (χ0n) is 19.1. The fourth-order valence-corrected chi connectivity index (χ4v) is 5.52. The van der Waals surface area contributed by atoms with Gasteiger partial charge in [0.15, 0.2) is 10.9 Å². The predicted molar refractivity (Wildman–Crippen MR) is 131 cm³/mol. The lowest BCUT2D eigenvalue weighted by Gasteiger charge is -2.28. The number of anilines is 1. The molecule has 1 saturated heterocycles. The van der Waals surface area contributed by atoms with E-state index in [2.05, 4.69) is 24.2 Å². The number of aryl methyl sites for hydroxylation is 1. The van der Waals surface area contributed by atoms with Gasteiger partial charge in [-0.1, -0.05) is 23.4 Å². The third-order valence-electron chi connectivity index (χ3n) is 6.29. The molecule has 5 rings (SSSR count). The van der Waals surface area contributed by atoms with Gasteiger partial charge in [0.05, 0.1) is 18.5 Å². The van der Waals surface area contributed by atoms with Crippen molar-refractivity contribution in [2.45, 2.75) is 50.1 Å². The summed E-state index contributed by atoms with van der Waals surface area (Å²) in [4.78, 5) is 15.7. The minimum atomic E-state index is -0.275. The van der Waals surface area contributed by atoms with E-state index in [1.807, 2.05) is 51.1 Å². The summed E-state index contributed by atoms with van der Waals surface area (Å²) < 4.78 is 9.83. The maximum Gasteiger partial charge on any atom is 0.228 e. The Morgan fingerprint density at radius 2 is 1.85 bits per heavy atom. The van der Waals surface area contributed by atoms with Crippen LogP contribution in [-0.2, 0) is 4.74 Å². The molecule has 0 amide bonds. The van der Waals surface area contributed by atoms with Gasteiger partial charge < -0.3 is 14.2 Å². The van der Waals surface area contributed by atoms with Crippen molar-refractivity contribution in [1.29, 1.82) is 0 Å². The molecule has 1 aromatic carbocycles. The van der Waals surface area contributed by atoms with Crippen LogP contribution in [0, 0.1) is 13.8 Å². The standard InChI is InChI=1S/C24H28ClN5O2S/c1-15-14-21(16(2)29(15)19-6-4-18(25)5-7-19)22(31)17(3)33-24-27-26-23(30(24)20-8-9-20)28-10-12-32-13-11-28/h4-7,14,17,20H,8-13H2,1-3H3/t17-/m0/s1. The summed E-state index contributed by atoms with van der Waals surface area (Å²) in [5.74, 6) is 1.01. The maximum atomic E-state index is 13.5. The number of hydrogen-bond acceptors (Lipinski definition) is 6. The molecule has 2 aliphatic rings. The molecule has 2 aromatic heterocycles. The normalized spacial score (nSPS) is 17.4. The highest BCUT2D eigenvalue weighted by Crippen LogP contribution is 2.42. The van der Waals surface area contributed by atoms with Crippen LogP contribution < -0.4 is 4.90 Å². The van der Waals surface area contributed by atoms with E-state index in [-0.39, 0.29) is 11.0 Å². The van der Waals surface area contributed by atoms with Crippen LogP contribution in [0.5, 0.6) is 0 Å². The first-order valence-electron chi connectivity index (χ1n) is 11.4. The lowest BCUT2D eigenvalue weighted by atomic mass is 10.1. The second kappa shape index (κ2) is 9.16. The highest BCUT2D eigenvalue weighted by Gasteiger charge is 2.33. The van der Waals surface area contributed by atoms with Crippen LogP contribution in [0.15, 0.2) is 35.5 Å². The molecule has 7 nitrogen and oxygen atoms in total. The Kier molecular flexibility index (Phi) is 6.24. The molecule has 1 atom stereocenters. The zero-order chi connectivity index (χ0) is 23.1. The summed E-state index contributed by atoms with van der Waals surface area (Å²) in [5, 5.41) is 10.2. The summed E-state index contributed by atoms with van der Waals surface area (Å²) >= 11 is 7.56. The van der Waals surface area contributed by atoms with Gasteiger partial charge in [0.25, 0.3) is 0 Å². The predicted octanol–water partition coefficient (Wildman–Crippen LogP) is 4.87. The fraction of sp³-hybridized carbons (Fsp3) is 0.458. The molecule has 9 heteroatoms. The Hall–Kier alpha value is -2.29. The van der Waals surface area contributed by atoms with Gasteiger partial charge in [0, 0.05) is 46.8 Å². The number of ether oxygens (including phenoxy) is 1. The average Bonchev–Trinajstić information content (AvgIpc) is 3.51. The number of benzene rings is 1. The molecule has 0 spiro atoms. The summed E-state index contributed by atoms with van der Waals surface area (Å²) in [6.07, 6.45) is 2.26. The Morgan fingerprint density at radius 1 is 1.15 bits per heavy atom. The van der Waals surface area contributed by atoms with E-state index in [9.17, 15) is 4.79 Å². The van der Waals surface area contributed by atoms with Crippen molar-refractivity contribution in [3.05, 3.63) is 52.3 Å². The smallest absolute Gasteiger partial charge is 0.228 e. The van der Waals surface area contributed by atoms with Gasteiger partial charge in [-0.3, -0.25) is 9.36 Å². The summed E-state index contributed by atoms with van der Waals surface area (Å²) in [6, 6.07) is 10.1. The van der Waals surface area contributed by atoms with E-state index >= 15 is 0 Å². The SMILES string of the molecule is Cc1cc(C(=O)[C@H](C)Sc2nnc(N3CCOCC3)n2C2CC2)c(C)n1-c1ccc(Cl)cc1. The van der Waals surface area contributed by atoms with Gasteiger partial charge in [-0.05, 0) is 63.9 Å². The number of thioether (sulfide) groups is 1. The van der Waals surface area contributed by atoms with Gasteiger partial charge in [-0.25, -0.2) is 0 Å². The van der Waals surface area contributed by atoms with Crippen LogP contribution in [0.1, 0.15) is 47.6 Å². The highest BCUT2D eigenvalue weighted by molar-refractivity contribution is 8.00. The van der Waals surface area contributed by atoms with Crippen LogP contribution in [0.4, 0.5) is 5.95 Å². The molecule has 1 aliphatic heterocycles. The van der Waals surface area contributed by atoms with Gasteiger partial charge in [0.1, 0.15) is 0 Å². The number of halogens is 1. The third-order valence-corrected chi connectivity index (χ3v) is 7.59. The molecule has 1 saturated carbocycles. The number of ketones is 1. The van der Waals surface area contributed by atoms with Crippen LogP contribution >= 0.6 is 23.4 Å². The second-order valence-electron chi connectivity index (χ2n) is 8.70. The number of nitrogens with zero attached hydrogens (tertiary/aromatic N) is 5. The van der Waals surface area contributed by atoms with E-state index in [1.54, 1.807) is 0 Å². The van der Waals surface area contributed by atoms with Gasteiger partial charge in [0.2, 0.25) is 5.95 Å². The number of carbonyl (C=O) groups is 1. The molecule has 0 unspecified atom stereocenters. The van der Waals surface area contributed by atoms with Crippen molar-refractivity contribution in [1.82, 2.24) is 19.3 Å². The molecule has 0 N–H and O–H groups in total. The van der Waals surface area contributed by atoms with Gasteiger partial charge in [-0.2, -0.15) is 0 Å². The van der Waals surface area contributed by atoms with Gasteiger partial charge >= 0.3 is 0 Å². The molecule has 1 aliphatic carbocycles. The van der Waals surface area contributed by atoms with Crippen molar-refractivity contribution in [3.8, 4) is 5.69 Å². The van der Waals surface area contributed by atoms with Crippen LogP contribution in [0.2, 0.25) is 5.02 Å². The summed E-state index contributed by atoms with van der Waals surface area (Å²) in [7, 11) is 0. The summed E-state index contributed by atoms with van der Waals surface area (Å²) in [5.41, 5.74) is 3.70. The first-order chi connectivity index (χ1) is 15.9. The molecular formula is C24H28ClN5O2S. The van der Waals surface area contributed by atoms with Crippen molar-refractivity contribution >= 4 is 35.1 Å². The average molecular weight is 486 g/mol. The molecule has 3 heterocycles. The maximum absolute atomic E-state index is 13.5. The van der Waals surface area contributed by atoms with E-state index < -0.39 is 0 Å². The lowest BCUT2D eigenvalue weighted by molar-refractivity contribution is 0.0993. The molecule has 2 fully saturated rings.